The van der Waals surface area contributed by atoms with Crippen molar-refractivity contribution < 1.29 is 15.0 Å². The summed E-state index contributed by atoms with van der Waals surface area (Å²) in [5, 5.41) is 15.5. The first-order chi connectivity index (χ1) is 4.56. The van der Waals surface area contributed by atoms with Crippen LogP contribution in [0, 0.1) is 0 Å². The third-order valence-corrected chi connectivity index (χ3v) is 0.689. The molecule has 0 aliphatic heterocycles. The van der Waals surface area contributed by atoms with Gasteiger partial charge < -0.3 is 15.9 Å². The monoisotopic (exact) mass is 189 g/mol. The van der Waals surface area contributed by atoms with Crippen molar-refractivity contribution in [3.8, 4) is 0 Å². The van der Waals surface area contributed by atoms with Crippen LogP contribution in [0.15, 0.2) is 0 Å². The molecule has 0 heterocycles. The molecule has 0 aromatic heterocycles. The zero-order chi connectivity index (χ0) is 8.57. The van der Waals surface area contributed by atoms with Crippen LogP contribution in [-0.4, -0.2) is 34.2 Å². The number of aliphatic hydroxyl groups is 1. The number of alkyl halides is 2. The zero-order valence-corrected chi connectivity index (χ0v) is 6.64. The van der Waals surface area contributed by atoms with Gasteiger partial charge in [-0.1, -0.05) is 23.2 Å². The van der Waals surface area contributed by atoms with Crippen molar-refractivity contribution in [2.75, 3.05) is 13.2 Å². The second-order valence-electron chi connectivity index (χ2n) is 1.15. The minimum atomic E-state index is -1.29. The lowest BCUT2D eigenvalue weighted by atomic mass is 10.8. The first-order valence-electron chi connectivity index (χ1n) is 2.38. The van der Waals surface area contributed by atoms with Crippen molar-refractivity contribution >= 4 is 29.2 Å². The lowest BCUT2D eigenvalue weighted by Crippen LogP contribution is -2.03. The molecule has 0 saturated carbocycles. The summed E-state index contributed by atoms with van der Waals surface area (Å²) in [6.45, 7) is 0.472. The van der Waals surface area contributed by atoms with E-state index in [1.165, 1.54) is 0 Å². The van der Waals surface area contributed by atoms with E-state index < -0.39 is 10.8 Å². The van der Waals surface area contributed by atoms with E-state index in [2.05, 4.69) is 0 Å². The molecule has 4 nitrogen and oxygen atoms in total. The Hall–Kier alpha value is -0.0300. The molecule has 6 heteroatoms. The molecule has 10 heavy (non-hydrogen) atoms. The second kappa shape index (κ2) is 8.97. The molecule has 0 radical (unpaired) electrons. The average molecular weight is 190 g/mol. The van der Waals surface area contributed by atoms with E-state index in [-0.39, 0.29) is 6.61 Å². The van der Waals surface area contributed by atoms with Crippen LogP contribution >= 0.6 is 23.2 Å². The number of hydrogen-bond donors (Lipinski definition) is 3. The summed E-state index contributed by atoms with van der Waals surface area (Å²) in [6, 6.07) is 0. The lowest BCUT2D eigenvalue weighted by molar-refractivity contribution is -0.135. The van der Waals surface area contributed by atoms with E-state index in [0.29, 0.717) is 6.54 Å². The van der Waals surface area contributed by atoms with Gasteiger partial charge in [-0.3, -0.25) is 0 Å². The number of hydrogen-bond acceptors (Lipinski definition) is 3. The largest absolute Gasteiger partial charge is 0.479 e. The summed E-state index contributed by atoms with van der Waals surface area (Å²) in [5.41, 5.74) is 4.78. The Morgan fingerprint density at radius 2 is 1.80 bits per heavy atom. The van der Waals surface area contributed by atoms with Gasteiger partial charge in [-0.05, 0) is 0 Å². The highest BCUT2D eigenvalue weighted by molar-refractivity contribution is 6.52. The fourth-order valence-corrected chi connectivity index (χ4v) is 0. The van der Waals surface area contributed by atoms with Gasteiger partial charge in [-0.15, -0.1) is 0 Å². The minimum absolute atomic E-state index is 0.0972. The third kappa shape index (κ3) is 15.7. The van der Waals surface area contributed by atoms with Crippen molar-refractivity contribution in [3.05, 3.63) is 0 Å². The molecule has 0 spiro atoms. The van der Waals surface area contributed by atoms with E-state index >= 15 is 0 Å². The van der Waals surface area contributed by atoms with E-state index in [1.807, 2.05) is 0 Å². The molecule has 0 aromatic rings. The highest BCUT2D eigenvalue weighted by Crippen LogP contribution is 1.98. The number of carboxylic acid groups (broad SMARTS) is 1. The number of rotatable bonds is 2. The molecule has 0 aliphatic carbocycles. The summed E-state index contributed by atoms with van der Waals surface area (Å²) in [7, 11) is 0. The standard InChI is InChI=1S/C2H2Cl2O2.C2H7NO/c3-1(4)2(5)6;3-1-2-4/h1H,(H,5,6);4H,1-3H2. The Labute approximate surface area is 68.5 Å². The fraction of sp³-hybridized carbons (Fsp3) is 0.750. The van der Waals surface area contributed by atoms with Gasteiger partial charge in [0.25, 0.3) is 0 Å². The number of carboxylic acids is 1. The summed E-state index contributed by atoms with van der Waals surface area (Å²) in [6.07, 6.45) is 0. The minimum Gasteiger partial charge on any atom is -0.479 e. The summed E-state index contributed by atoms with van der Waals surface area (Å²) >= 11 is 9.56. The number of carbonyl (C=O) groups is 1. The highest BCUT2D eigenvalue weighted by Gasteiger charge is 2.05. The Morgan fingerprint density at radius 3 is 1.80 bits per heavy atom. The summed E-state index contributed by atoms with van der Waals surface area (Å²) < 4.78 is 0. The van der Waals surface area contributed by atoms with E-state index in [4.69, 9.17) is 39.1 Å². The van der Waals surface area contributed by atoms with Crippen molar-refractivity contribution in [1.29, 1.82) is 0 Å². The van der Waals surface area contributed by atoms with Crippen LogP contribution in [0.2, 0.25) is 0 Å². The molecular weight excluding hydrogens is 181 g/mol. The SMILES string of the molecule is NCCO.O=C(O)C(Cl)Cl. The molecule has 0 fully saturated rings. The van der Waals surface area contributed by atoms with Gasteiger partial charge in [0.2, 0.25) is 4.84 Å². The number of halogens is 2. The smallest absolute Gasteiger partial charge is 0.337 e. The van der Waals surface area contributed by atoms with Crippen molar-refractivity contribution in [1.82, 2.24) is 0 Å². The van der Waals surface area contributed by atoms with Gasteiger partial charge in [0.1, 0.15) is 0 Å². The maximum absolute atomic E-state index is 9.44. The predicted molar refractivity (Wildman–Crippen MR) is 39.3 cm³/mol. The highest BCUT2D eigenvalue weighted by atomic mass is 35.5. The van der Waals surface area contributed by atoms with E-state index in [9.17, 15) is 4.79 Å². The van der Waals surface area contributed by atoms with Crippen LogP contribution < -0.4 is 5.73 Å². The van der Waals surface area contributed by atoms with Gasteiger partial charge >= 0.3 is 5.97 Å². The zero-order valence-electron chi connectivity index (χ0n) is 5.13. The van der Waals surface area contributed by atoms with E-state index in [0.717, 1.165) is 0 Å². The first-order valence-corrected chi connectivity index (χ1v) is 3.25. The molecule has 0 aliphatic rings. The molecule has 0 rings (SSSR count). The second-order valence-corrected chi connectivity index (χ2v) is 2.25. The number of aliphatic carboxylic acids is 1. The normalized spacial score (nSPS) is 8.50. The average Bonchev–Trinajstić information content (AvgIpc) is 1.89. The molecule has 0 saturated heterocycles. The molecule has 0 amide bonds. The van der Waals surface area contributed by atoms with E-state index in [1.54, 1.807) is 0 Å². The Bertz CT molecular complexity index is 86.6. The molecule has 62 valence electrons. The lowest BCUT2D eigenvalue weighted by Gasteiger charge is -1.84. The van der Waals surface area contributed by atoms with Gasteiger partial charge in [-0.25, -0.2) is 4.79 Å². The quantitative estimate of drug-likeness (QED) is 0.527. The summed E-state index contributed by atoms with van der Waals surface area (Å²) in [5.74, 6) is -1.21. The number of nitrogens with two attached hydrogens (primary N) is 1. The van der Waals surface area contributed by atoms with Crippen LogP contribution in [0.4, 0.5) is 0 Å². The molecule has 0 aromatic carbocycles. The van der Waals surface area contributed by atoms with Crippen molar-refractivity contribution in [2.45, 2.75) is 4.84 Å². The van der Waals surface area contributed by atoms with Crippen molar-refractivity contribution in [2.24, 2.45) is 5.73 Å². The van der Waals surface area contributed by atoms with Crippen LogP contribution in [-0.2, 0) is 4.79 Å². The molecule has 0 bridgehead atoms. The fourth-order valence-electron chi connectivity index (χ4n) is 0. The van der Waals surface area contributed by atoms with Crippen LogP contribution in [0.1, 0.15) is 0 Å². The molecule has 0 atom stereocenters. The van der Waals surface area contributed by atoms with Gasteiger partial charge in [-0.2, -0.15) is 0 Å². The summed E-state index contributed by atoms with van der Waals surface area (Å²) in [4.78, 5) is 8.15. The third-order valence-electron chi connectivity index (χ3n) is 0.316. The first kappa shape index (κ1) is 12.6. The Kier molecular flexibility index (Phi) is 11.3. The predicted octanol–water partition coefficient (Wildman–Crippen LogP) is -0.188. The van der Waals surface area contributed by atoms with Crippen LogP contribution in [0.3, 0.4) is 0 Å². The van der Waals surface area contributed by atoms with Crippen LogP contribution in [0.5, 0.6) is 0 Å². The van der Waals surface area contributed by atoms with Crippen molar-refractivity contribution in [3.63, 3.8) is 0 Å². The Morgan fingerprint density at radius 1 is 1.60 bits per heavy atom. The maximum Gasteiger partial charge on any atom is 0.337 e. The molecule has 0 unspecified atom stereocenters. The molecule has 4 N–H and O–H groups in total. The van der Waals surface area contributed by atoms with Crippen LogP contribution in [0.25, 0.3) is 0 Å². The Balaban J connectivity index is 0. The van der Waals surface area contributed by atoms with Gasteiger partial charge in [0.15, 0.2) is 0 Å². The maximum atomic E-state index is 9.44. The van der Waals surface area contributed by atoms with Gasteiger partial charge in [0, 0.05) is 6.54 Å². The van der Waals surface area contributed by atoms with Gasteiger partial charge in [0.05, 0.1) is 6.61 Å². The number of aliphatic hydroxyl groups excluding tert-OH is 1. The molecular formula is C4H9Cl2NO3. The topological polar surface area (TPSA) is 83.5 Å².